The molecule has 21 heavy (non-hydrogen) atoms. The summed E-state index contributed by atoms with van der Waals surface area (Å²) in [5.74, 6) is 0.859. The van der Waals surface area contributed by atoms with Crippen LogP contribution in [0.3, 0.4) is 0 Å². The van der Waals surface area contributed by atoms with E-state index in [0.29, 0.717) is 17.2 Å². The molecular weight excluding hydrogens is 286 g/mol. The number of benzene rings is 2. The van der Waals surface area contributed by atoms with Crippen molar-refractivity contribution < 1.29 is 13.2 Å². The number of anilines is 1. The molecule has 0 saturated heterocycles. The maximum absolute atomic E-state index is 11.9. The molecule has 0 saturated carbocycles. The molecule has 0 aliphatic carbocycles. The van der Waals surface area contributed by atoms with Crippen LogP contribution in [0.4, 0.5) is 5.69 Å². The lowest BCUT2D eigenvalue weighted by Crippen LogP contribution is -2.21. The Hall–Kier alpha value is -2.01. The van der Waals surface area contributed by atoms with E-state index in [1.165, 1.54) is 6.26 Å². The van der Waals surface area contributed by atoms with E-state index in [9.17, 15) is 8.42 Å². The van der Waals surface area contributed by atoms with E-state index in [2.05, 4.69) is 5.32 Å². The maximum Gasteiger partial charge on any atom is 0.177 e. The minimum Gasteiger partial charge on any atom is -0.493 e. The number of rotatable bonds is 3. The average Bonchev–Trinajstić information content (AvgIpc) is 2.47. The van der Waals surface area contributed by atoms with Crippen LogP contribution >= 0.6 is 0 Å². The first-order valence-corrected chi connectivity index (χ1v) is 8.72. The smallest absolute Gasteiger partial charge is 0.177 e. The van der Waals surface area contributed by atoms with Crippen LogP contribution in [0.2, 0.25) is 0 Å². The van der Waals surface area contributed by atoms with Gasteiger partial charge in [0, 0.05) is 18.2 Å². The zero-order valence-corrected chi connectivity index (χ0v) is 12.6. The summed E-state index contributed by atoms with van der Waals surface area (Å²) in [6.45, 7) is 0.621. The molecule has 4 nitrogen and oxygen atoms in total. The van der Waals surface area contributed by atoms with Gasteiger partial charge >= 0.3 is 0 Å². The van der Waals surface area contributed by atoms with Crippen molar-refractivity contribution in [2.24, 2.45) is 0 Å². The van der Waals surface area contributed by atoms with Gasteiger partial charge in [0.15, 0.2) is 9.84 Å². The molecule has 5 heteroatoms. The Labute approximate surface area is 124 Å². The van der Waals surface area contributed by atoms with Crippen LogP contribution in [0.25, 0.3) is 0 Å². The second-order valence-corrected chi connectivity index (χ2v) is 7.12. The summed E-state index contributed by atoms with van der Waals surface area (Å²) >= 11 is 0. The van der Waals surface area contributed by atoms with E-state index >= 15 is 0 Å². The van der Waals surface area contributed by atoms with Gasteiger partial charge in [-0.3, -0.25) is 0 Å². The van der Waals surface area contributed by atoms with Gasteiger partial charge in [-0.2, -0.15) is 0 Å². The molecule has 0 bridgehead atoms. The summed E-state index contributed by atoms with van der Waals surface area (Å²) in [5.41, 5.74) is 1.70. The van der Waals surface area contributed by atoms with Gasteiger partial charge in [-0.15, -0.1) is 0 Å². The van der Waals surface area contributed by atoms with Gasteiger partial charge in [-0.25, -0.2) is 8.42 Å². The predicted octanol–water partition coefficient (Wildman–Crippen LogP) is 3.03. The normalized spacial score (nSPS) is 17.7. The van der Waals surface area contributed by atoms with Gasteiger partial charge in [0.1, 0.15) is 5.75 Å². The zero-order valence-electron chi connectivity index (χ0n) is 11.7. The van der Waals surface area contributed by atoms with Crippen molar-refractivity contribution in [2.75, 3.05) is 18.2 Å². The van der Waals surface area contributed by atoms with Crippen molar-refractivity contribution in [1.82, 2.24) is 0 Å². The Balaban J connectivity index is 1.96. The molecule has 1 heterocycles. The van der Waals surface area contributed by atoms with Gasteiger partial charge in [0.2, 0.25) is 0 Å². The molecule has 1 atom stereocenters. The minimum absolute atomic E-state index is 0.0536. The number of fused-ring (bicyclic) bond motifs is 1. The largest absolute Gasteiger partial charge is 0.493 e. The number of ether oxygens (including phenoxy) is 1. The van der Waals surface area contributed by atoms with Crippen molar-refractivity contribution in [3.63, 3.8) is 0 Å². The molecule has 0 fully saturated rings. The third-order valence-corrected chi connectivity index (χ3v) is 4.73. The van der Waals surface area contributed by atoms with Crippen LogP contribution in [-0.4, -0.2) is 21.3 Å². The first-order chi connectivity index (χ1) is 10.1. The summed E-state index contributed by atoms with van der Waals surface area (Å²) in [6, 6.07) is 14.9. The lowest BCUT2D eigenvalue weighted by Gasteiger charge is -2.28. The van der Waals surface area contributed by atoms with E-state index in [1.54, 1.807) is 18.2 Å². The van der Waals surface area contributed by atoms with Crippen LogP contribution in [0.1, 0.15) is 18.0 Å². The van der Waals surface area contributed by atoms with Crippen LogP contribution in [0.15, 0.2) is 53.4 Å². The molecule has 1 N–H and O–H groups in total. The highest BCUT2D eigenvalue weighted by molar-refractivity contribution is 7.90. The topological polar surface area (TPSA) is 55.4 Å². The molecular formula is C16H17NO3S. The first-order valence-electron chi connectivity index (χ1n) is 6.83. The Kier molecular flexibility index (Phi) is 3.59. The Bertz CT molecular complexity index is 756. The number of hydrogen-bond donors (Lipinski definition) is 1. The van der Waals surface area contributed by atoms with Crippen molar-refractivity contribution in [1.29, 1.82) is 0 Å². The maximum atomic E-state index is 11.9. The molecule has 3 rings (SSSR count). The quantitative estimate of drug-likeness (QED) is 0.947. The van der Waals surface area contributed by atoms with E-state index in [0.717, 1.165) is 17.7 Å². The summed E-state index contributed by atoms with van der Waals surface area (Å²) in [6.07, 6.45) is 2.03. The zero-order chi connectivity index (χ0) is 14.9. The lowest BCUT2D eigenvalue weighted by molar-refractivity contribution is 0.274. The third-order valence-electron chi connectivity index (χ3n) is 3.57. The second kappa shape index (κ2) is 5.41. The summed E-state index contributed by atoms with van der Waals surface area (Å²) < 4.78 is 29.4. The molecule has 0 spiro atoms. The second-order valence-electron chi connectivity index (χ2n) is 5.14. The fourth-order valence-electron chi connectivity index (χ4n) is 2.59. The third kappa shape index (κ3) is 2.88. The number of hydrogen-bond acceptors (Lipinski definition) is 4. The molecule has 110 valence electrons. The highest BCUT2D eigenvalue weighted by atomic mass is 32.2. The summed E-state index contributed by atoms with van der Waals surface area (Å²) in [5, 5.41) is 3.35. The van der Waals surface area contributed by atoms with Crippen LogP contribution in [0, 0.1) is 0 Å². The van der Waals surface area contributed by atoms with Crippen LogP contribution in [0.5, 0.6) is 5.75 Å². The van der Waals surface area contributed by atoms with Gasteiger partial charge in [0.05, 0.1) is 23.2 Å². The molecule has 1 unspecified atom stereocenters. The molecule has 0 aromatic heterocycles. The van der Waals surface area contributed by atoms with Crippen molar-refractivity contribution in [2.45, 2.75) is 17.4 Å². The van der Waals surface area contributed by atoms with Crippen LogP contribution in [-0.2, 0) is 9.84 Å². The van der Waals surface area contributed by atoms with E-state index in [-0.39, 0.29) is 6.04 Å². The molecule has 2 aromatic carbocycles. The molecule has 0 amide bonds. The SMILES string of the molecule is CS(=O)(=O)c1ccccc1NC1CCOc2ccccc21. The van der Waals surface area contributed by atoms with Crippen molar-refractivity contribution in [3.05, 3.63) is 54.1 Å². The van der Waals surface area contributed by atoms with Gasteiger partial charge in [0.25, 0.3) is 0 Å². The number of para-hydroxylation sites is 2. The lowest BCUT2D eigenvalue weighted by atomic mass is 10.0. The summed E-state index contributed by atoms with van der Waals surface area (Å²) in [4.78, 5) is 0.328. The van der Waals surface area contributed by atoms with Crippen LogP contribution < -0.4 is 10.1 Å². The van der Waals surface area contributed by atoms with Crippen molar-refractivity contribution >= 4 is 15.5 Å². The molecule has 1 aliphatic heterocycles. The number of sulfone groups is 1. The Morgan fingerprint density at radius 2 is 1.81 bits per heavy atom. The molecule has 2 aromatic rings. The highest BCUT2D eigenvalue weighted by Gasteiger charge is 2.22. The molecule has 1 aliphatic rings. The average molecular weight is 303 g/mol. The predicted molar refractivity (Wildman–Crippen MR) is 82.5 cm³/mol. The van der Waals surface area contributed by atoms with E-state index < -0.39 is 9.84 Å². The van der Waals surface area contributed by atoms with Crippen molar-refractivity contribution in [3.8, 4) is 5.75 Å². The standard InChI is InChI=1S/C16H17NO3S/c1-21(18,19)16-9-5-3-7-14(16)17-13-10-11-20-15-8-4-2-6-12(13)15/h2-9,13,17H,10-11H2,1H3. The van der Waals surface area contributed by atoms with Gasteiger partial charge < -0.3 is 10.1 Å². The summed E-state index contributed by atoms with van der Waals surface area (Å²) in [7, 11) is -3.26. The fourth-order valence-corrected chi connectivity index (χ4v) is 3.44. The molecule has 0 radical (unpaired) electrons. The Morgan fingerprint density at radius 3 is 2.62 bits per heavy atom. The first kappa shape index (κ1) is 13.9. The van der Waals surface area contributed by atoms with Gasteiger partial charge in [-0.05, 0) is 18.2 Å². The fraction of sp³-hybridized carbons (Fsp3) is 0.250. The van der Waals surface area contributed by atoms with E-state index in [4.69, 9.17) is 4.74 Å². The monoisotopic (exact) mass is 303 g/mol. The minimum atomic E-state index is -3.26. The van der Waals surface area contributed by atoms with E-state index in [1.807, 2.05) is 30.3 Å². The highest BCUT2D eigenvalue weighted by Crippen LogP contribution is 2.35. The number of nitrogens with one attached hydrogen (secondary N) is 1. The Morgan fingerprint density at radius 1 is 1.10 bits per heavy atom. The van der Waals surface area contributed by atoms with Gasteiger partial charge in [-0.1, -0.05) is 30.3 Å².